The monoisotopic (exact) mass is 362 g/mol. The summed E-state index contributed by atoms with van der Waals surface area (Å²) >= 11 is 0. The summed E-state index contributed by atoms with van der Waals surface area (Å²) < 4.78 is 39.9. The van der Waals surface area contributed by atoms with Crippen molar-refractivity contribution in [2.45, 2.75) is 19.4 Å². The molecule has 0 aromatic heterocycles. The van der Waals surface area contributed by atoms with E-state index < -0.39 is 21.7 Å². The standard InChI is InChI=1S/C18H19FN2O3S/c19-16-7-3-1-6-15(16)13-20-18(22)10-12-25(23,24)21-11-9-14-5-2-4-8-17(14)21/h1-8H,9-13H2,(H,20,22). The number of hydrogen-bond acceptors (Lipinski definition) is 3. The van der Waals surface area contributed by atoms with E-state index in [1.807, 2.05) is 12.1 Å². The normalized spacial score (nSPS) is 13.6. The van der Waals surface area contributed by atoms with E-state index in [1.54, 1.807) is 30.3 Å². The van der Waals surface area contributed by atoms with E-state index in [4.69, 9.17) is 0 Å². The van der Waals surface area contributed by atoms with Crippen LogP contribution in [0.3, 0.4) is 0 Å². The largest absolute Gasteiger partial charge is 0.352 e. The smallest absolute Gasteiger partial charge is 0.235 e. The molecule has 0 saturated carbocycles. The van der Waals surface area contributed by atoms with Gasteiger partial charge in [0, 0.05) is 25.1 Å². The van der Waals surface area contributed by atoms with Crippen LogP contribution < -0.4 is 9.62 Å². The van der Waals surface area contributed by atoms with Crippen LogP contribution >= 0.6 is 0 Å². The van der Waals surface area contributed by atoms with Crippen molar-refractivity contribution in [3.8, 4) is 0 Å². The summed E-state index contributed by atoms with van der Waals surface area (Å²) in [6.07, 6.45) is 0.518. The number of anilines is 1. The van der Waals surface area contributed by atoms with Crippen LogP contribution in [0.1, 0.15) is 17.5 Å². The topological polar surface area (TPSA) is 66.5 Å². The molecule has 1 heterocycles. The number of benzene rings is 2. The maximum Gasteiger partial charge on any atom is 0.235 e. The molecule has 0 radical (unpaired) electrons. The minimum atomic E-state index is -3.56. The Balaban J connectivity index is 1.56. The third kappa shape index (κ3) is 3.99. The third-order valence-corrected chi connectivity index (χ3v) is 5.97. The summed E-state index contributed by atoms with van der Waals surface area (Å²) in [5, 5.41) is 2.56. The van der Waals surface area contributed by atoms with E-state index in [0.717, 1.165) is 5.56 Å². The van der Waals surface area contributed by atoms with Gasteiger partial charge in [0.1, 0.15) is 5.82 Å². The first-order chi connectivity index (χ1) is 12.0. The molecule has 0 unspecified atom stereocenters. The van der Waals surface area contributed by atoms with Crippen molar-refractivity contribution in [3.05, 3.63) is 65.5 Å². The number of carbonyl (C=O) groups is 1. The Labute approximate surface area is 146 Å². The number of fused-ring (bicyclic) bond motifs is 1. The van der Waals surface area contributed by atoms with E-state index in [-0.39, 0.29) is 18.7 Å². The van der Waals surface area contributed by atoms with Gasteiger partial charge in [-0.05, 0) is 24.1 Å². The summed E-state index contributed by atoms with van der Waals surface area (Å²) in [5.41, 5.74) is 2.05. The number of carbonyl (C=O) groups excluding carboxylic acids is 1. The van der Waals surface area contributed by atoms with Crippen molar-refractivity contribution in [3.63, 3.8) is 0 Å². The number of halogens is 1. The van der Waals surface area contributed by atoms with Crippen LogP contribution in [0, 0.1) is 5.82 Å². The lowest BCUT2D eigenvalue weighted by molar-refractivity contribution is -0.120. The summed E-state index contributed by atoms with van der Waals surface area (Å²) in [4.78, 5) is 11.9. The van der Waals surface area contributed by atoms with Gasteiger partial charge >= 0.3 is 0 Å². The van der Waals surface area contributed by atoms with Crippen molar-refractivity contribution in [1.29, 1.82) is 0 Å². The van der Waals surface area contributed by atoms with Crippen LogP contribution in [0.4, 0.5) is 10.1 Å². The third-order valence-electron chi connectivity index (χ3n) is 4.20. The molecule has 1 amide bonds. The van der Waals surface area contributed by atoms with Gasteiger partial charge in [0.25, 0.3) is 0 Å². The second kappa shape index (κ2) is 7.23. The molecule has 0 saturated heterocycles. The predicted molar refractivity (Wildman–Crippen MR) is 94.1 cm³/mol. The van der Waals surface area contributed by atoms with E-state index in [9.17, 15) is 17.6 Å². The molecule has 1 N–H and O–H groups in total. The van der Waals surface area contributed by atoms with E-state index >= 15 is 0 Å². The zero-order chi connectivity index (χ0) is 17.9. The molecule has 0 fully saturated rings. The maximum atomic E-state index is 13.5. The fraction of sp³-hybridized carbons (Fsp3) is 0.278. The van der Waals surface area contributed by atoms with Crippen LogP contribution in [-0.2, 0) is 27.8 Å². The molecule has 7 heteroatoms. The Kier molecular flexibility index (Phi) is 5.03. The fourth-order valence-electron chi connectivity index (χ4n) is 2.85. The number of hydrogen-bond donors (Lipinski definition) is 1. The van der Waals surface area contributed by atoms with Crippen LogP contribution in [0.5, 0.6) is 0 Å². The molecular weight excluding hydrogens is 343 g/mol. The first-order valence-electron chi connectivity index (χ1n) is 8.06. The molecule has 0 atom stereocenters. The molecule has 2 aromatic rings. The van der Waals surface area contributed by atoms with Crippen LogP contribution in [0.25, 0.3) is 0 Å². The molecule has 25 heavy (non-hydrogen) atoms. The molecule has 0 bridgehead atoms. The van der Waals surface area contributed by atoms with Crippen molar-refractivity contribution >= 4 is 21.6 Å². The summed E-state index contributed by atoms with van der Waals surface area (Å²) in [5.74, 6) is -1.09. The SMILES string of the molecule is O=C(CCS(=O)(=O)N1CCc2ccccc21)NCc1ccccc1F. The first kappa shape index (κ1) is 17.4. The summed E-state index contributed by atoms with van der Waals surface area (Å²) in [6, 6.07) is 13.5. The Hall–Kier alpha value is -2.41. The average molecular weight is 362 g/mol. The number of sulfonamides is 1. The van der Waals surface area contributed by atoms with Gasteiger partial charge < -0.3 is 5.32 Å². The van der Waals surface area contributed by atoms with E-state index in [0.29, 0.717) is 24.2 Å². The highest BCUT2D eigenvalue weighted by atomic mass is 32.2. The Morgan fingerprint density at radius 2 is 1.84 bits per heavy atom. The number of nitrogens with one attached hydrogen (secondary N) is 1. The molecule has 132 valence electrons. The van der Waals surface area contributed by atoms with Crippen molar-refractivity contribution in [2.24, 2.45) is 0 Å². The predicted octanol–water partition coefficient (Wildman–Crippen LogP) is 2.22. The lowest BCUT2D eigenvalue weighted by Crippen LogP contribution is -2.34. The number of rotatable bonds is 6. The lowest BCUT2D eigenvalue weighted by atomic mass is 10.2. The minimum Gasteiger partial charge on any atom is -0.352 e. The lowest BCUT2D eigenvalue weighted by Gasteiger charge is -2.19. The van der Waals surface area contributed by atoms with E-state index in [1.165, 1.54) is 10.4 Å². The van der Waals surface area contributed by atoms with Gasteiger partial charge in [-0.2, -0.15) is 0 Å². The van der Waals surface area contributed by atoms with Gasteiger partial charge in [0.15, 0.2) is 0 Å². The molecule has 1 aliphatic heterocycles. The molecular formula is C18H19FN2O3S. The Morgan fingerprint density at radius 1 is 1.12 bits per heavy atom. The van der Waals surface area contributed by atoms with Crippen LogP contribution in [0.2, 0.25) is 0 Å². The van der Waals surface area contributed by atoms with Gasteiger partial charge in [-0.15, -0.1) is 0 Å². The minimum absolute atomic E-state index is 0.0398. The van der Waals surface area contributed by atoms with Crippen LogP contribution in [0.15, 0.2) is 48.5 Å². The van der Waals surface area contributed by atoms with Crippen molar-refractivity contribution in [2.75, 3.05) is 16.6 Å². The fourth-order valence-corrected chi connectivity index (χ4v) is 4.36. The van der Waals surface area contributed by atoms with Crippen LogP contribution in [-0.4, -0.2) is 26.6 Å². The van der Waals surface area contributed by atoms with Gasteiger partial charge in [-0.1, -0.05) is 36.4 Å². The molecule has 1 aliphatic rings. The highest BCUT2D eigenvalue weighted by molar-refractivity contribution is 7.92. The molecule has 5 nitrogen and oxygen atoms in total. The maximum absolute atomic E-state index is 13.5. The summed E-state index contributed by atoms with van der Waals surface area (Å²) in [6.45, 7) is 0.441. The molecule has 2 aromatic carbocycles. The first-order valence-corrected chi connectivity index (χ1v) is 9.67. The van der Waals surface area contributed by atoms with Gasteiger partial charge in [-0.25, -0.2) is 12.8 Å². The number of amides is 1. The second-order valence-corrected chi connectivity index (χ2v) is 7.90. The number of para-hydroxylation sites is 1. The summed E-state index contributed by atoms with van der Waals surface area (Å²) in [7, 11) is -3.56. The highest BCUT2D eigenvalue weighted by Gasteiger charge is 2.29. The van der Waals surface area contributed by atoms with Gasteiger partial charge in [0.05, 0.1) is 11.4 Å². The second-order valence-electron chi connectivity index (χ2n) is 5.88. The molecule has 0 aliphatic carbocycles. The zero-order valence-corrected chi connectivity index (χ0v) is 14.4. The molecule has 0 spiro atoms. The zero-order valence-electron chi connectivity index (χ0n) is 13.6. The van der Waals surface area contributed by atoms with Crippen molar-refractivity contribution in [1.82, 2.24) is 5.32 Å². The quantitative estimate of drug-likeness (QED) is 0.857. The Bertz CT molecular complexity index is 883. The van der Waals surface area contributed by atoms with Gasteiger partial charge in [0.2, 0.25) is 15.9 Å². The Morgan fingerprint density at radius 3 is 2.64 bits per heavy atom. The van der Waals surface area contributed by atoms with Crippen molar-refractivity contribution < 1.29 is 17.6 Å². The van der Waals surface area contributed by atoms with Gasteiger partial charge in [-0.3, -0.25) is 9.10 Å². The molecule has 3 rings (SSSR count). The van der Waals surface area contributed by atoms with E-state index in [2.05, 4.69) is 5.32 Å². The highest BCUT2D eigenvalue weighted by Crippen LogP contribution is 2.30. The number of nitrogens with zero attached hydrogens (tertiary/aromatic N) is 1. The average Bonchev–Trinajstić information content (AvgIpc) is 3.04.